The molecule has 0 bridgehead atoms. The van der Waals surface area contributed by atoms with Gasteiger partial charge < -0.3 is 0 Å². The number of hydrogen-bond acceptors (Lipinski definition) is 4. The maximum atomic E-state index is 13.1. The summed E-state index contributed by atoms with van der Waals surface area (Å²) in [5, 5.41) is 6.01. The molecule has 1 heterocycles. The summed E-state index contributed by atoms with van der Waals surface area (Å²) in [5.74, 6) is 0.596. The van der Waals surface area contributed by atoms with E-state index in [4.69, 9.17) is 11.6 Å². The van der Waals surface area contributed by atoms with Gasteiger partial charge in [0.15, 0.2) is 5.82 Å². The van der Waals surface area contributed by atoms with E-state index in [2.05, 4.69) is 19.9 Å². The normalized spacial score (nSPS) is 13.5. The van der Waals surface area contributed by atoms with Gasteiger partial charge in [0.05, 0.1) is 15.5 Å². The SMILES string of the molecule is Cc1nc(C(NS(=O)(=O)c2ccc(Cl)c(C(F)(F)F)c2)c2ccccc2)n[nH]1. The summed E-state index contributed by atoms with van der Waals surface area (Å²) in [5.41, 5.74) is -0.711. The fourth-order valence-corrected chi connectivity index (χ4v) is 3.95. The Morgan fingerprint density at radius 3 is 2.39 bits per heavy atom. The van der Waals surface area contributed by atoms with E-state index in [0.29, 0.717) is 17.5 Å². The van der Waals surface area contributed by atoms with Crippen molar-refractivity contribution in [3.05, 3.63) is 76.3 Å². The number of rotatable bonds is 5. The molecular weight excluding hydrogens is 417 g/mol. The van der Waals surface area contributed by atoms with Gasteiger partial charge in [0.2, 0.25) is 10.0 Å². The van der Waals surface area contributed by atoms with Gasteiger partial charge in [0, 0.05) is 0 Å². The maximum absolute atomic E-state index is 13.1. The Morgan fingerprint density at radius 1 is 1.14 bits per heavy atom. The zero-order chi connectivity index (χ0) is 20.5. The van der Waals surface area contributed by atoms with E-state index < -0.39 is 37.7 Å². The molecule has 0 saturated carbocycles. The Labute approximate surface area is 163 Å². The first-order chi connectivity index (χ1) is 13.1. The van der Waals surface area contributed by atoms with Crippen molar-refractivity contribution in [2.75, 3.05) is 0 Å². The third-order valence-electron chi connectivity index (χ3n) is 3.83. The summed E-state index contributed by atoms with van der Waals surface area (Å²) in [6, 6.07) is 9.84. The maximum Gasteiger partial charge on any atom is 0.417 e. The van der Waals surface area contributed by atoms with Gasteiger partial charge >= 0.3 is 6.18 Å². The number of halogens is 4. The monoisotopic (exact) mass is 430 g/mol. The first kappa shape index (κ1) is 20.3. The summed E-state index contributed by atoms with van der Waals surface area (Å²) < 4.78 is 67.2. The molecule has 2 aromatic carbocycles. The number of H-pyrrole nitrogens is 1. The van der Waals surface area contributed by atoms with Crippen molar-refractivity contribution in [2.24, 2.45) is 0 Å². The number of hydrogen-bond donors (Lipinski definition) is 2. The molecular formula is C17H14ClF3N4O2S. The molecule has 2 N–H and O–H groups in total. The summed E-state index contributed by atoms with van der Waals surface area (Å²) in [4.78, 5) is 3.57. The molecule has 11 heteroatoms. The highest BCUT2D eigenvalue weighted by molar-refractivity contribution is 7.89. The summed E-state index contributed by atoms with van der Waals surface area (Å²) >= 11 is 5.57. The highest BCUT2D eigenvalue weighted by Crippen LogP contribution is 2.36. The molecule has 0 aliphatic carbocycles. The molecule has 3 rings (SSSR count). The topological polar surface area (TPSA) is 87.7 Å². The number of nitrogens with zero attached hydrogens (tertiary/aromatic N) is 2. The second-order valence-electron chi connectivity index (χ2n) is 5.88. The standard InChI is InChI=1S/C17H14ClF3N4O2S/c1-10-22-16(24-23-10)15(11-5-3-2-4-6-11)25-28(26,27)12-7-8-14(18)13(9-12)17(19,20)21/h2-9,15,25H,1H3,(H,22,23,24). The number of alkyl halides is 3. The average Bonchev–Trinajstić information content (AvgIpc) is 3.06. The lowest BCUT2D eigenvalue weighted by Gasteiger charge is -2.17. The predicted molar refractivity (Wildman–Crippen MR) is 96.2 cm³/mol. The van der Waals surface area contributed by atoms with Gasteiger partial charge in [-0.05, 0) is 30.7 Å². The summed E-state index contributed by atoms with van der Waals surface area (Å²) in [7, 11) is -4.35. The third-order valence-corrected chi connectivity index (χ3v) is 5.58. The van der Waals surface area contributed by atoms with E-state index in [1.165, 1.54) is 0 Å². The number of nitrogens with one attached hydrogen (secondary N) is 2. The lowest BCUT2D eigenvalue weighted by Crippen LogP contribution is -2.30. The van der Waals surface area contributed by atoms with E-state index in [9.17, 15) is 21.6 Å². The molecule has 0 saturated heterocycles. The van der Waals surface area contributed by atoms with Crippen molar-refractivity contribution >= 4 is 21.6 Å². The van der Waals surface area contributed by atoms with Gasteiger partial charge in [-0.25, -0.2) is 13.4 Å². The minimum Gasteiger partial charge on any atom is -0.263 e. The van der Waals surface area contributed by atoms with Crippen LogP contribution in [0.4, 0.5) is 13.2 Å². The van der Waals surface area contributed by atoms with E-state index >= 15 is 0 Å². The first-order valence-corrected chi connectivity index (χ1v) is 9.77. The Hall–Kier alpha value is -2.43. The number of sulfonamides is 1. The molecule has 1 aromatic heterocycles. The van der Waals surface area contributed by atoms with Crippen molar-refractivity contribution in [2.45, 2.75) is 24.0 Å². The number of benzene rings is 2. The van der Waals surface area contributed by atoms with E-state index in [1.54, 1.807) is 37.3 Å². The molecule has 1 unspecified atom stereocenters. The Balaban J connectivity index is 2.03. The van der Waals surface area contributed by atoms with Crippen LogP contribution in [0.15, 0.2) is 53.4 Å². The Bertz CT molecular complexity index is 1090. The van der Waals surface area contributed by atoms with E-state index in [1.807, 2.05) is 0 Å². The molecule has 3 aromatic rings. The smallest absolute Gasteiger partial charge is 0.263 e. The van der Waals surface area contributed by atoms with E-state index in [-0.39, 0.29) is 5.82 Å². The Kier molecular flexibility index (Phi) is 5.46. The second kappa shape index (κ2) is 7.53. The van der Waals surface area contributed by atoms with Gasteiger partial charge in [0.25, 0.3) is 0 Å². The third kappa shape index (κ3) is 4.34. The lowest BCUT2D eigenvalue weighted by atomic mass is 10.1. The summed E-state index contributed by atoms with van der Waals surface area (Å²) in [6.07, 6.45) is -4.79. The Morgan fingerprint density at radius 2 is 1.82 bits per heavy atom. The highest BCUT2D eigenvalue weighted by atomic mass is 35.5. The van der Waals surface area contributed by atoms with Crippen LogP contribution in [-0.2, 0) is 16.2 Å². The minimum atomic E-state index is -4.79. The van der Waals surface area contributed by atoms with Crippen LogP contribution in [0.5, 0.6) is 0 Å². The van der Waals surface area contributed by atoms with Crippen molar-refractivity contribution in [3.8, 4) is 0 Å². The number of aromatic amines is 1. The van der Waals surface area contributed by atoms with Gasteiger partial charge in [-0.15, -0.1) is 0 Å². The lowest BCUT2D eigenvalue weighted by molar-refractivity contribution is -0.137. The van der Waals surface area contributed by atoms with E-state index in [0.717, 1.165) is 12.1 Å². The van der Waals surface area contributed by atoms with Crippen LogP contribution in [0.3, 0.4) is 0 Å². The predicted octanol–water partition coefficient (Wildman–Crippen LogP) is 3.85. The molecule has 6 nitrogen and oxygen atoms in total. The molecule has 0 radical (unpaired) electrons. The summed E-state index contributed by atoms with van der Waals surface area (Å²) in [6.45, 7) is 1.64. The van der Waals surface area contributed by atoms with Gasteiger partial charge in [-0.1, -0.05) is 41.9 Å². The second-order valence-corrected chi connectivity index (χ2v) is 8.00. The molecule has 0 spiro atoms. The van der Waals surface area contributed by atoms with Crippen molar-refractivity contribution in [3.63, 3.8) is 0 Å². The van der Waals surface area contributed by atoms with Crippen molar-refractivity contribution in [1.29, 1.82) is 0 Å². The molecule has 28 heavy (non-hydrogen) atoms. The molecule has 0 aliphatic rings. The van der Waals surface area contributed by atoms with Crippen LogP contribution in [0.1, 0.15) is 28.8 Å². The van der Waals surface area contributed by atoms with Crippen molar-refractivity contribution in [1.82, 2.24) is 19.9 Å². The van der Waals surface area contributed by atoms with Crippen LogP contribution >= 0.6 is 11.6 Å². The van der Waals surface area contributed by atoms with Crippen LogP contribution in [-0.4, -0.2) is 23.6 Å². The molecule has 0 aliphatic heterocycles. The van der Waals surface area contributed by atoms with Gasteiger partial charge in [-0.2, -0.15) is 23.0 Å². The fourth-order valence-electron chi connectivity index (χ4n) is 2.52. The first-order valence-electron chi connectivity index (χ1n) is 7.91. The fraction of sp³-hybridized carbons (Fsp3) is 0.176. The van der Waals surface area contributed by atoms with Gasteiger partial charge in [-0.3, -0.25) is 5.10 Å². The molecule has 148 valence electrons. The van der Waals surface area contributed by atoms with Crippen LogP contribution < -0.4 is 4.72 Å². The minimum absolute atomic E-state index is 0.136. The van der Waals surface area contributed by atoms with Crippen LogP contribution in [0.2, 0.25) is 5.02 Å². The van der Waals surface area contributed by atoms with Crippen LogP contribution in [0.25, 0.3) is 0 Å². The van der Waals surface area contributed by atoms with Crippen molar-refractivity contribution < 1.29 is 21.6 Å². The van der Waals surface area contributed by atoms with Crippen LogP contribution in [0, 0.1) is 6.92 Å². The molecule has 0 fully saturated rings. The molecule has 0 amide bonds. The average molecular weight is 431 g/mol. The quantitative estimate of drug-likeness (QED) is 0.643. The number of aromatic nitrogens is 3. The number of aryl methyl sites for hydroxylation is 1. The van der Waals surface area contributed by atoms with Gasteiger partial charge in [0.1, 0.15) is 11.9 Å². The largest absolute Gasteiger partial charge is 0.417 e. The zero-order valence-corrected chi connectivity index (χ0v) is 15.9. The zero-order valence-electron chi connectivity index (χ0n) is 14.3. The highest BCUT2D eigenvalue weighted by Gasteiger charge is 2.35. The molecule has 1 atom stereocenters.